The number of hydrogen-bond acceptors (Lipinski definition) is 3. The number of aryl methyl sites for hydroxylation is 1. The van der Waals surface area contributed by atoms with Gasteiger partial charge in [-0.3, -0.25) is 9.88 Å². The van der Waals surface area contributed by atoms with Crippen molar-refractivity contribution in [2.45, 2.75) is 51.3 Å². The van der Waals surface area contributed by atoms with Gasteiger partial charge in [0.2, 0.25) is 0 Å². The summed E-state index contributed by atoms with van der Waals surface area (Å²) in [7, 11) is 0. The summed E-state index contributed by atoms with van der Waals surface area (Å²) in [4.78, 5) is 6.66. The van der Waals surface area contributed by atoms with Crippen LogP contribution in [0.1, 0.15) is 48.2 Å². The maximum Gasteiger partial charge on any atom is 0.135 e. The van der Waals surface area contributed by atoms with Crippen LogP contribution in [0.3, 0.4) is 0 Å². The predicted octanol–water partition coefficient (Wildman–Crippen LogP) is 4.08. The van der Waals surface area contributed by atoms with Gasteiger partial charge in [0.25, 0.3) is 0 Å². The first kappa shape index (κ1) is 17.8. The minimum atomic E-state index is -1.08. The Morgan fingerprint density at radius 1 is 1.29 bits per heavy atom. The molecule has 1 N–H and O–H groups in total. The highest BCUT2D eigenvalue weighted by Crippen LogP contribution is 2.44. The van der Waals surface area contributed by atoms with E-state index in [-0.39, 0.29) is 5.82 Å². The number of fused-ring (bicyclic) bond motifs is 5. The van der Waals surface area contributed by atoms with E-state index in [2.05, 4.69) is 14.5 Å². The zero-order chi connectivity index (χ0) is 19.5. The van der Waals surface area contributed by atoms with Crippen LogP contribution in [0.4, 0.5) is 4.39 Å². The van der Waals surface area contributed by atoms with Gasteiger partial charge in [-0.25, -0.2) is 4.39 Å². The van der Waals surface area contributed by atoms with E-state index in [1.165, 1.54) is 5.69 Å². The molecule has 0 bridgehead atoms. The molecule has 0 radical (unpaired) electrons. The lowest BCUT2D eigenvalue weighted by Gasteiger charge is -2.32. The summed E-state index contributed by atoms with van der Waals surface area (Å²) in [5.41, 5.74) is 3.61. The summed E-state index contributed by atoms with van der Waals surface area (Å²) in [6.45, 7) is 6.14. The molecule has 1 fully saturated rings. The standard InChI is InChI=1S/C23H26FN3O/c1-15-7-8-18-21(22(15)24)20-17-6-4-11-26(17)12-9-19(20)27(18)14-23(2,28)16-5-3-10-25-13-16/h3,5,7-8,10,13,17,28H,4,6,9,11-12,14H2,1-2H3/t17-,23-/m0/s1. The van der Waals surface area contributed by atoms with Crippen LogP contribution in [0.5, 0.6) is 0 Å². The van der Waals surface area contributed by atoms with E-state index in [4.69, 9.17) is 0 Å². The highest BCUT2D eigenvalue weighted by molar-refractivity contribution is 5.88. The second-order valence-electron chi connectivity index (χ2n) is 8.50. The van der Waals surface area contributed by atoms with Crippen LogP contribution in [0.2, 0.25) is 0 Å². The van der Waals surface area contributed by atoms with Gasteiger partial charge in [-0.15, -0.1) is 0 Å². The molecule has 0 spiro atoms. The zero-order valence-corrected chi connectivity index (χ0v) is 16.5. The lowest BCUT2D eigenvalue weighted by molar-refractivity contribution is 0.0380. The van der Waals surface area contributed by atoms with Crippen LogP contribution in [-0.4, -0.2) is 32.6 Å². The highest BCUT2D eigenvalue weighted by Gasteiger charge is 2.37. The smallest absolute Gasteiger partial charge is 0.135 e. The van der Waals surface area contributed by atoms with Crippen LogP contribution < -0.4 is 0 Å². The van der Waals surface area contributed by atoms with E-state index in [9.17, 15) is 5.11 Å². The molecule has 28 heavy (non-hydrogen) atoms. The molecule has 2 aliphatic rings. The van der Waals surface area contributed by atoms with E-state index in [0.717, 1.165) is 54.4 Å². The van der Waals surface area contributed by atoms with Gasteiger partial charge in [0.05, 0.1) is 12.1 Å². The van der Waals surface area contributed by atoms with Crippen molar-refractivity contribution in [3.63, 3.8) is 0 Å². The number of nitrogens with zero attached hydrogens (tertiary/aromatic N) is 3. The number of halogens is 1. The van der Waals surface area contributed by atoms with Crippen LogP contribution >= 0.6 is 0 Å². The van der Waals surface area contributed by atoms with E-state index in [1.54, 1.807) is 12.4 Å². The molecule has 5 rings (SSSR count). The lowest BCUT2D eigenvalue weighted by Crippen LogP contribution is -2.33. The molecule has 146 valence electrons. The number of aliphatic hydroxyl groups is 1. The number of hydrogen-bond donors (Lipinski definition) is 1. The zero-order valence-electron chi connectivity index (χ0n) is 16.5. The van der Waals surface area contributed by atoms with Crippen LogP contribution in [0.15, 0.2) is 36.7 Å². The average Bonchev–Trinajstić information content (AvgIpc) is 3.28. The van der Waals surface area contributed by atoms with E-state index >= 15 is 4.39 Å². The quantitative estimate of drug-likeness (QED) is 0.745. The van der Waals surface area contributed by atoms with Crippen molar-refractivity contribution in [1.29, 1.82) is 0 Å². The van der Waals surface area contributed by atoms with Crippen molar-refractivity contribution in [2.75, 3.05) is 13.1 Å². The van der Waals surface area contributed by atoms with Crippen LogP contribution in [-0.2, 0) is 18.6 Å². The largest absolute Gasteiger partial charge is 0.384 e. The van der Waals surface area contributed by atoms with Crippen LogP contribution in [0, 0.1) is 12.7 Å². The Morgan fingerprint density at radius 3 is 2.93 bits per heavy atom. The summed E-state index contributed by atoms with van der Waals surface area (Å²) in [5, 5.41) is 12.0. The minimum absolute atomic E-state index is 0.109. The van der Waals surface area contributed by atoms with Crippen molar-refractivity contribution in [2.24, 2.45) is 0 Å². The van der Waals surface area contributed by atoms with Gasteiger partial charge in [0, 0.05) is 53.6 Å². The Balaban J connectivity index is 1.71. The molecule has 3 aromatic rings. The van der Waals surface area contributed by atoms with E-state index in [0.29, 0.717) is 18.2 Å². The third-order valence-corrected chi connectivity index (χ3v) is 6.59. The minimum Gasteiger partial charge on any atom is -0.384 e. The molecule has 4 nitrogen and oxygen atoms in total. The van der Waals surface area contributed by atoms with Crippen molar-refractivity contribution >= 4 is 10.9 Å². The molecule has 4 heterocycles. The van der Waals surface area contributed by atoms with Gasteiger partial charge in [-0.2, -0.15) is 0 Å². The van der Waals surface area contributed by atoms with E-state index < -0.39 is 5.60 Å². The Hall–Kier alpha value is -2.24. The SMILES string of the molecule is Cc1ccc2c(c1F)c1c(n2C[C@](C)(O)c2cccnc2)CCN2CCC[C@@H]12. The molecule has 0 aliphatic carbocycles. The van der Waals surface area contributed by atoms with E-state index in [1.807, 2.05) is 38.1 Å². The van der Waals surface area contributed by atoms with Gasteiger partial charge < -0.3 is 9.67 Å². The summed E-state index contributed by atoms with van der Waals surface area (Å²) >= 11 is 0. The second-order valence-corrected chi connectivity index (χ2v) is 8.50. The Bertz CT molecular complexity index is 1040. The predicted molar refractivity (Wildman–Crippen MR) is 108 cm³/mol. The number of benzene rings is 1. The molecule has 5 heteroatoms. The summed E-state index contributed by atoms with van der Waals surface area (Å²) < 4.78 is 17.5. The molecule has 0 saturated carbocycles. The lowest BCUT2D eigenvalue weighted by atomic mass is 9.94. The van der Waals surface area contributed by atoms with Gasteiger partial charge >= 0.3 is 0 Å². The van der Waals surface area contributed by atoms with Crippen LogP contribution in [0.25, 0.3) is 10.9 Å². The number of rotatable bonds is 3. The molecule has 2 atom stereocenters. The Kier molecular flexibility index (Phi) is 4.07. The molecule has 2 aromatic heterocycles. The highest BCUT2D eigenvalue weighted by atomic mass is 19.1. The first-order valence-electron chi connectivity index (χ1n) is 10.1. The molecule has 1 saturated heterocycles. The fourth-order valence-corrected chi connectivity index (χ4v) is 5.15. The average molecular weight is 379 g/mol. The monoisotopic (exact) mass is 379 g/mol. The molecule has 0 unspecified atom stereocenters. The van der Waals surface area contributed by atoms with Crippen molar-refractivity contribution in [3.8, 4) is 0 Å². The molecule has 0 amide bonds. The molecule has 1 aromatic carbocycles. The maximum absolute atomic E-state index is 15.3. The fourth-order valence-electron chi connectivity index (χ4n) is 5.15. The van der Waals surface area contributed by atoms with Gasteiger partial charge in [0.15, 0.2) is 0 Å². The third-order valence-electron chi connectivity index (χ3n) is 6.59. The summed E-state index contributed by atoms with van der Waals surface area (Å²) in [6, 6.07) is 7.91. The van der Waals surface area contributed by atoms with Crippen molar-refractivity contribution < 1.29 is 9.50 Å². The van der Waals surface area contributed by atoms with Crippen molar-refractivity contribution in [3.05, 3.63) is 64.9 Å². The van der Waals surface area contributed by atoms with Gasteiger partial charge in [0.1, 0.15) is 11.4 Å². The first-order valence-corrected chi connectivity index (χ1v) is 10.1. The summed E-state index contributed by atoms with van der Waals surface area (Å²) in [6.07, 6.45) is 6.55. The Labute approximate surface area is 164 Å². The van der Waals surface area contributed by atoms with Crippen molar-refractivity contribution in [1.82, 2.24) is 14.5 Å². The third kappa shape index (κ3) is 2.60. The summed E-state index contributed by atoms with van der Waals surface area (Å²) in [5.74, 6) is -0.109. The number of aromatic nitrogens is 2. The normalized spacial score (nSPS) is 21.5. The fraction of sp³-hybridized carbons (Fsp3) is 0.435. The second kappa shape index (κ2) is 6.39. The van der Waals surface area contributed by atoms with Gasteiger partial charge in [-0.1, -0.05) is 12.1 Å². The number of pyridine rings is 1. The molecule has 2 aliphatic heterocycles. The molecular formula is C23H26FN3O. The van der Waals surface area contributed by atoms with Gasteiger partial charge in [-0.05, 0) is 50.9 Å². The molecular weight excluding hydrogens is 353 g/mol. The Morgan fingerprint density at radius 2 is 2.14 bits per heavy atom. The maximum atomic E-state index is 15.3. The first-order chi connectivity index (χ1) is 13.5. The topological polar surface area (TPSA) is 41.3 Å².